The summed E-state index contributed by atoms with van der Waals surface area (Å²) in [5.74, 6) is 3.55. The van der Waals surface area contributed by atoms with E-state index in [0.29, 0.717) is 6.10 Å². The van der Waals surface area contributed by atoms with Crippen molar-refractivity contribution in [2.24, 2.45) is 0 Å². The van der Waals surface area contributed by atoms with Gasteiger partial charge in [-0.05, 0) is 43.9 Å². The second-order valence-electron chi connectivity index (χ2n) is 7.71. The molecule has 1 N–H and O–H groups in total. The minimum absolute atomic E-state index is 0.00550. The van der Waals surface area contributed by atoms with E-state index in [1.54, 1.807) is 0 Å². The molecule has 2 unspecified atom stereocenters. The predicted molar refractivity (Wildman–Crippen MR) is 104 cm³/mol. The third kappa shape index (κ3) is 4.75. The van der Waals surface area contributed by atoms with Crippen molar-refractivity contribution in [1.82, 2.24) is 15.1 Å². The average molecular weight is 363 g/mol. The molecule has 0 amide bonds. The minimum Gasteiger partial charge on any atom is -0.357 e. The highest BCUT2D eigenvalue weighted by atomic mass is 32.2. The maximum absolute atomic E-state index is 6.33. The minimum atomic E-state index is 0.00550. The number of ether oxygens (including phenoxy) is 1. The van der Waals surface area contributed by atoms with E-state index >= 15 is 0 Å². The van der Waals surface area contributed by atoms with Gasteiger partial charge >= 0.3 is 0 Å². The molecule has 4 rings (SSSR count). The van der Waals surface area contributed by atoms with Crippen LogP contribution in [0.1, 0.15) is 44.9 Å². The lowest BCUT2D eigenvalue weighted by Crippen LogP contribution is -2.44. The van der Waals surface area contributed by atoms with Crippen molar-refractivity contribution in [1.29, 1.82) is 0 Å². The van der Waals surface area contributed by atoms with E-state index in [0.717, 1.165) is 30.7 Å². The Kier molecular flexibility index (Phi) is 6.27. The lowest BCUT2D eigenvalue weighted by molar-refractivity contribution is 0.00413. The van der Waals surface area contributed by atoms with E-state index in [2.05, 4.69) is 33.3 Å². The molecule has 3 aliphatic heterocycles. The van der Waals surface area contributed by atoms with E-state index in [-0.39, 0.29) is 6.23 Å². The highest BCUT2D eigenvalue weighted by Gasteiger charge is 2.28. The average Bonchev–Trinajstić information content (AvgIpc) is 2.97. The third-order valence-electron chi connectivity index (χ3n) is 5.92. The van der Waals surface area contributed by atoms with Gasteiger partial charge in [0.25, 0.3) is 0 Å². The van der Waals surface area contributed by atoms with Gasteiger partial charge in [0, 0.05) is 44.0 Å². The molecule has 0 aromatic heterocycles. The van der Waals surface area contributed by atoms with Gasteiger partial charge in [-0.3, -0.25) is 4.90 Å². The van der Waals surface area contributed by atoms with Crippen LogP contribution in [0.2, 0.25) is 0 Å². The topological polar surface area (TPSA) is 27.7 Å². The van der Waals surface area contributed by atoms with Crippen LogP contribution in [0, 0.1) is 6.08 Å². The molecule has 2 atom stereocenters. The monoisotopic (exact) mass is 362 g/mol. The molecule has 1 aliphatic carbocycles. The van der Waals surface area contributed by atoms with Gasteiger partial charge in [0.15, 0.2) is 0 Å². The van der Waals surface area contributed by atoms with Gasteiger partial charge in [-0.15, -0.1) is 0 Å². The Morgan fingerprint density at radius 3 is 2.88 bits per heavy atom. The van der Waals surface area contributed by atoms with E-state index in [1.165, 1.54) is 63.8 Å². The van der Waals surface area contributed by atoms with Crippen molar-refractivity contribution < 1.29 is 4.74 Å². The van der Waals surface area contributed by atoms with Crippen LogP contribution in [0.15, 0.2) is 18.0 Å². The number of dihydropyridines is 1. The Morgan fingerprint density at radius 1 is 1.04 bits per heavy atom. The summed E-state index contributed by atoms with van der Waals surface area (Å²) in [7, 11) is 0. The molecule has 0 aromatic rings. The van der Waals surface area contributed by atoms with Crippen molar-refractivity contribution in [2.75, 3.05) is 37.7 Å². The zero-order valence-electron chi connectivity index (χ0n) is 15.3. The summed E-state index contributed by atoms with van der Waals surface area (Å²) in [6, 6.07) is 0.862. The first kappa shape index (κ1) is 17.7. The molecule has 0 aromatic carbocycles. The van der Waals surface area contributed by atoms with Crippen LogP contribution in [0.25, 0.3) is 0 Å². The molecular formula is C20H32N3OS. The second-order valence-corrected chi connectivity index (χ2v) is 8.86. The number of thioether (sulfide) groups is 1. The summed E-state index contributed by atoms with van der Waals surface area (Å²) in [5.41, 5.74) is 0. The quantitative estimate of drug-likeness (QED) is 0.830. The number of nitrogens with one attached hydrogen (secondary N) is 1. The van der Waals surface area contributed by atoms with Gasteiger partial charge in [0.2, 0.25) is 0 Å². The summed E-state index contributed by atoms with van der Waals surface area (Å²) < 4.78 is 6.33. The zero-order valence-corrected chi connectivity index (χ0v) is 16.1. The maximum Gasteiger partial charge on any atom is 0.148 e. The summed E-state index contributed by atoms with van der Waals surface area (Å²) in [6.07, 6.45) is 17.3. The smallest absolute Gasteiger partial charge is 0.148 e. The molecule has 2 saturated heterocycles. The lowest BCUT2D eigenvalue weighted by atomic mass is 9.91. The molecule has 0 bridgehead atoms. The summed E-state index contributed by atoms with van der Waals surface area (Å²) in [4.78, 5) is 5.18. The number of rotatable bonds is 4. The Balaban J connectivity index is 1.28. The summed E-state index contributed by atoms with van der Waals surface area (Å²) >= 11 is 2.04. The number of hydrogen-bond acceptors (Lipinski definition) is 5. The third-order valence-corrected chi connectivity index (χ3v) is 7.10. The van der Waals surface area contributed by atoms with E-state index in [9.17, 15) is 0 Å². The fourth-order valence-electron chi connectivity index (χ4n) is 4.17. The molecule has 4 aliphatic rings. The van der Waals surface area contributed by atoms with Crippen molar-refractivity contribution >= 4 is 11.8 Å². The molecule has 0 spiro atoms. The molecule has 3 fully saturated rings. The standard InChI is InChI=1S/C20H32N3OS/c1-2-15-25-16-18(8-1)24-20-10-4-9-19(21-20)23-12-5-11-22(13-14-23)17-6-3-7-17/h4,10,17-18,20-21H,1-3,5-8,11-16H2. The van der Waals surface area contributed by atoms with Crippen LogP contribution in [-0.4, -0.2) is 65.9 Å². The van der Waals surface area contributed by atoms with E-state index < -0.39 is 0 Å². The van der Waals surface area contributed by atoms with Crippen LogP contribution in [-0.2, 0) is 4.74 Å². The Labute approximate surface area is 157 Å². The first-order valence-electron chi connectivity index (χ1n) is 10.2. The first-order valence-corrected chi connectivity index (χ1v) is 11.3. The second kappa shape index (κ2) is 8.83. The molecule has 5 heteroatoms. The van der Waals surface area contributed by atoms with Crippen molar-refractivity contribution in [3.05, 3.63) is 24.0 Å². The summed E-state index contributed by atoms with van der Waals surface area (Å²) in [6.45, 7) is 4.67. The largest absolute Gasteiger partial charge is 0.357 e. The fourth-order valence-corrected chi connectivity index (χ4v) is 5.25. The van der Waals surface area contributed by atoms with E-state index in [4.69, 9.17) is 4.74 Å². The van der Waals surface area contributed by atoms with Crippen molar-refractivity contribution in [2.45, 2.75) is 63.3 Å². The number of nitrogens with zero attached hydrogens (tertiary/aromatic N) is 2. The van der Waals surface area contributed by atoms with E-state index in [1.807, 2.05) is 11.8 Å². The normalized spacial score (nSPS) is 32.3. The van der Waals surface area contributed by atoms with Gasteiger partial charge in [-0.1, -0.05) is 18.9 Å². The summed E-state index contributed by atoms with van der Waals surface area (Å²) in [5, 5.41) is 3.59. The molecule has 1 radical (unpaired) electrons. The van der Waals surface area contributed by atoms with Crippen LogP contribution >= 0.6 is 11.8 Å². The molecule has 4 nitrogen and oxygen atoms in total. The van der Waals surface area contributed by atoms with Crippen LogP contribution in [0.3, 0.4) is 0 Å². The predicted octanol–water partition coefficient (Wildman–Crippen LogP) is 2.98. The first-order chi connectivity index (χ1) is 12.4. The maximum atomic E-state index is 6.33. The Bertz CT molecular complexity index is 483. The van der Waals surface area contributed by atoms with Crippen molar-refractivity contribution in [3.63, 3.8) is 0 Å². The van der Waals surface area contributed by atoms with Crippen LogP contribution in [0.4, 0.5) is 0 Å². The van der Waals surface area contributed by atoms with Gasteiger partial charge < -0.3 is 15.0 Å². The Hall–Kier alpha value is -0.650. The fraction of sp³-hybridized carbons (Fsp3) is 0.800. The number of allylic oxidation sites excluding steroid dienone is 2. The van der Waals surface area contributed by atoms with Crippen LogP contribution in [0.5, 0.6) is 0 Å². The SMILES string of the molecule is [C]1=C(N2CCCN(C3CCC3)CC2)NC(OC2CCCCSC2)C=C1. The van der Waals surface area contributed by atoms with Gasteiger partial charge in [0.1, 0.15) is 12.0 Å². The highest BCUT2D eigenvalue weighted by Crippen LogP contribution is 2.26. The van der Waals surface area contributed by atoms with Crippen molar-refractivity contribution in [3.8, 4) is 0 Å². The molecule has 1 saturated carbocycles. The Morgan fingerprint density at radius 2 is 2.00 bits per heavy atom. The highest BCUT2D eigenvalue weighted by molar-refractivity contribution is 7.99. The number of hydrogen-bond donors (Lipinski definition) is 1. The van der Waals surface area contributed by atoms with Crippen LogP contribution < -0.4 is 5.32 Å². The lowest BCUT2D eigenvalue weighted by Gasteiger charge is -2.37. The molecular weight excluding hydrogens is 330 g/mol. The van der Waals surface area contributed by atoms with Gasteiger partial charge in [-0.25, -0.2) is 0 Å². The molecule has 25 heavy (non-hydrogen) atoms. The zero-order chi connectivity index (χ0) is 16.9. The molecule has 3 heterocycles. The van der Waals surface area contributed by atoms with Gasteiger partial charge in [-0.2, -0.15) is 11.8 Å². The van der Waals surface area contributed by atoms with Gasteiger partial charge in [0.05, 0.1) is 6.10 Å². The molecule has 139 valence electrons.